The van der Waals surface area contributed by atoms with Gasteiger partial charge in [0.25, 0.3) is 0 Å². The topological polar surface area (TPSA) is 83.6 Å². The Labute approximate surface area is 98.8 Å². The van der Waals surface area contributed by atoms with Gasteiger partial charge in [-0.1, -0.05) is 0 Å². The van der Waals surface area contributed by atoms with Crippen molar-refractivity contribution in [3.63, 3.8) is 0 Å². The normalized spacial score (nSPS) is 15.8. The predicted octanol–water partition coefficient (Wildman–Crippen LogP) is 1.02. The Bertz CT molecular complexity index is 485. The highest BCUT2D eigenvalue weighted by atomic mass is 16.4. The zero-order chi connectivity index (χ0) is 12.6. The number of benzene rings is 1. The van der Waals surface area contributed by atoms with Crippen molar-refractivity contribution in [2.75, 3.05) is 10.6 Å². The second-order valence-electron chi connectivity index (χ2n) is 4.28. The Hall–Kier alpha value is -2.04. The molecule has 1 aliphatic rings. The average molecular weight is 234 g/mol. The number of amides is 1. The minimum absolute atomic E-state index is 0.0600. The molecular formula is C12H14N2O3. The van der Waals surface area contributed by atoms with Crippen LogP contribution in [0, 0.1) is 0 Å². The van der Waals surface area contributed by atoms with Crippen LogP contribution < -0.4 is 10.6 Å². The van der Waals surface area contributed by atoms with Gasteiger partial charge in [-0.05, 0) is 30.7 Å². The molecule has 1 aromatic carbocycles. The van der Waals surface area contributed by atoms with Crippen molar-refractivity contribution in [3.05, 3.63) is 23.8 Å². The molecule has 3 N–H and O–H groups in total. The van der Waals surface area contributed by atoms with Crippen molar-refractivity contribution in [1.82, 2.24) is 0 Å². The van der Waals surface area contributed by atoms with Crippen LogP contribution in [0.5, 0.6) is 0 Å². The smallest absolute Gasteiger partial charge is 0.305 e. The van der Waals surface area contributed by atoms with Crippen molar-refractivity contribution >= 4 is 23.3 Å². The summed E-state index contributed by atoms with van der Waals surface area (Å²) in [5.74, 6) is -0.978. The number of nitrogens with zero attached hydrogens (tertiary/aromatic N) is 1. The molecule has 0 radical (unpaired) electrons. The van der Waals surface area contributed by atoms with E-state index in [1.54, 1.807) is 30.0 Å². The molecule has 1 aliphatic heterocycles. The molecule has 1 unspecified atom stereocenters. The molecule has 0 aliphatic carbocycles. The SMILES string of the molecule is CC(CC(=O)O)N1C(=O)Cc2cc(N)ccc21. The van der Waals surface area contributed by atoms with Gasteiger partial charge < -0.3 is 15.7 Å². The predicted molar refractivity (Wildman–Crippen MR) is 63.8 cm³/mol. The molecule has 0 bridgehead atoms. The third kappa shape index (κ3) is 2.08. The van der Waals surface area contributed by atoms with E-state index < -0.39 is 5.97 Å². The van der Waals surface area contributed by atoms with Crippen LogP contribution in [0.2, 0.25) is 0 Å². The van der Waals surface area contributed by atoms with Crippen LogP contribution in [0.25, 0.3) is 0 Å². The number of carbonyl (C=O) groups excluding carboxylic acids is 1. The fourth-order valence-corrected chi connectivity index (χ4v) is 2.19. The number of fused-ring (bicyclic) bond motifs is 1. The fraction of sp³-hybridized carbons (Fsp3) is 0.333. The molecule has 5 heteroatoms. The van der Waals surface area contributed by atoms with E-state index in [2.05, 4.69) is 0 Å². The first kappa shape index (κ1) is 11.4. The molecule has 0 spiro atoms. The highest BCUT2D eigenvalue weighted by molar-refractivity contribution is 6.02. The maximum atomic E-state index is 11.9. The highest BCUT2D eigenvalue weighted by Crippen LogP contribution is 2.32. The molecule has 0 fully saturated rings. The third-order valence-electron chi connectivity index (χ3n) is 2.88. The summed E-state index contributed by atoms with van der Waals surface area (Å²) in [6.45, 7) is 1.73. The number of carbonyl (C=O) groups is 2. The number of hydrogen-bond donors (Lipinski definition) is 2. The summed E-state index contributed by atoms with van der Waals surface area (Å²) in [7, 11) is 0. The number of nitrogens with two attached hydrogens (primary N) is 1. The van der Waals surface area contributed by atoms with Gasteiger partial charge in [0.15, 0.2) is 0 Å². The third-order valence-corrected chi connectivity index (χ3v) is 2.88. The lowest BCUT2D eigenvalue weighted by Gasteiger charge is -2.24. The van der Waals surface area contributed by atoms with E-state index in [4.69, 9.17) is 10.8 Å². The molecule has 0 aromatic heterocycles. The maximum absolute atomic E-state index is 11.9. The lowest BCUT2D eigenvalue weighted by molar-refractivity contribution is -0.137. The number of hydrogen-bond acceptors (Lipinski definition) is 3. The van der Waals surface area contributed by atoms with E-state index in [9.17, 15) is 9.59 Å². The number of anilines is 2. The van der Waals surface area contributed by atoms with Crippen molar-refractivity contribution in [2.24, 2.45) is 0 Å². The van der Waals surface area contributed by atoms with Gasteiger partial charge in [-0.3, -0.25) is 9.59 Å². The van der Waals surface area contributed by atoms with Gasteiger partial charge in [0.05, 0.1) is 12.8 Å². The molecular weight excluding hydrogens is 220 g/mol. The standard InChI is InChI=1S/C12H14N2O3/c1-7(4-12(16)17)14-10-3-2-9(13)5-8(10)6-11(14)15/h2-3,5,7H,4,6,13H2,1H3,(H,16,17). The van der Waals surface area contributed by atoms with Crippen LogP contribution in [-0.2, 0) is 16.0 Å². The van der Waals surface area contributed by atoms with Crippen molar-refractivity contribution < 1.29 is 14.7 Å². The van der Waals surface area contributed by atoms with Gasteiger partial charge in [-0.25, -0.2) is 0 Å². The number of aliphatic carboxylic acids is 1. The number of nitrogen functional groups attached to an aromatic ring is 1. The first-order valence-corrected chi connectivity index (χ1v) is 5.41. The molecule has 5 nitrogen and oxygen atoms in total. The Morgan fingerprint density at radius 1 is 1.59 bits per heavy atom. The Morgan fingerprint density at radius 2 is 2.29 bits per heavy atom. The summed E-state index contributed by atoms with van der Waals surface area (Å²) in [6.07, 6.45) is 0.236. The van der Waals surface area contributed by atoms with Crippen LogP contribution in [0.1, 0.15) is 18.9 Å². The largest absolute Gasteiger partial charge is 0.481 e. The maximum Gasteiger partial charge on any atom is 0.305 e. The van der Waals surface area contributed by atoms with E-state index in [0.717, 1.165) is 11.3 Å². The van der Waals surface area contributed by atoms with E-state index in [1.807, 2.05) is 0 Å². The van der Waals surface area contributed by atoms with Crippen LogP contribution in [0.4, 0.5) is 11.4 Å². The van der Waals surface area contributed by atoms with E-state index >= 15 is 0 Å². The highest BCUT2D eigenvalue weighted by Gasteiger charge is 2.31. The van der Waals surface area contributed by atoms with Crippen LogP contribution in [0.3, 0.4) is 0 Å². The first-order chi connectivity index (χ1) is 7.99. The Balaban J connectivity index is 2.31. The van der Waals surface area contributed by atoms with Gasteiger partial charge in [-0.15, -0.1) is 0 Å². The molecule has 0 saturated heterocycles. The number of carboxylic acid groups (broad SMARTS) is 1. The number of rotatable bonds is 3. The molecule has 1 aromatic rings. The van der Waals surface area contributed by atoms with Crippen LogP contribution in [0.15, 0.2) is 18.2 Å². The summed E-state index contributed by atoms with van der Waals surface area (Å²) in [4.78, 5) is 24.1. The van der Waals surface area contributed by atoms with E-state index in [1.165, 1.54) is 0 Å². The van der Waals surface area contributed by atoms with E-state index in [-0.39, 0.29) is 18.4 Å². The molecule has 90 valence electrons. The van der Waals surface area contributed by atoms with Crippen molar-refractivity contribution in [3.8, 4) is 0 Å². The van der Waals surface area contributed by atoms with Crippen LogP contribution >= 0.6 is 0 Å². The van der Waals surface area contributed by atoms with Gasteiger partial charge in [0.1, 0.15) is 0 Å². The first-order valence-electron chi connectivity index (χ1n) is 5.41. The fourth-order valence-electron chi connectivity index (χ4n) is 2.19. The molecule has 1 heterocycles. The van der Waals surface area contributed by atoms with Crippen molar-refractivity contribution in [1.29, 1.82) is 0 Å². The summed E-state index contributed by atoms with van der Waals surface area (Å²) >= 11 is 0. The van der Waals surface area contributed by atoms with E-state index in [0.29, 0.717) is 12.1 Å². The number of carboxylic acids is 1. The quantitative estimate of drug-likeness (QED) is 0.765. The summed E-state index contributed by atoms with van der Waals surface area (Å²) < 4.78 is 0. The average Bonchev–Trinajstić information content (AvgIpc) is 2.51. The zero-order valence-corrected chi connectivity index (χ0v) is 9.51. The van der Waals surface area contributed by atoms with Gasteiger partial charge in [-0.2, -0.15) is 0 Å². The lowest BCUT2D eigenvalue weighted by atomic mass is 10.1. The van der Waals surface area contributed by atoms with Gasteiger partial charge >= 0.3 is 5.97 Å². The summed E-state index contributed by atoms with van der Waals surface area (Å²) in [5, 5.41) is 8.76. The second kappa shape index (κ2) is 4.08. The van der Waals surface area contributed by atoms with Gasteiger partial charge in [0, 0.05) is 17.4 Å². The minimum Gasteiger partial charge on any atom is -0.481 e. The Morgan fingerprint density at radius 3 is 2.94 bits per heavy atom. The second-order valence-corrected chi connectivity index (χ2v) is 4.28. The van der Waals surface area contributed by atoms with Crippen molar-refractivity contribution in [2.45, 2.75) is 25.8 Å². The van der Waals surface area contributed by atoms with Gasteiger partial charge in [0.2, 0.25) is 5.91 Å². The summed E-state index contributed by atoms with van der Waals surface area (Å²) in [5.41, 5.74) is 7.91. The molecule has 2 rings (SSSR count). The minimum atomic E-state index is -0.908. The monoisotopic (exact) mass is 234 g/mol. The lowest BCUT2D eigenvalue weighted by Crippen LogP contribution is -2.37. The molecule has 1 amide bonds. The summed E-state index contributed by atoms with van der Waals surface area (Å²) in [6, 6.07) is 4.91. The van der Waals surface area contributed by atoms with Crippen LogP contribution in [-0.4, -0.2) is 23.0 Å². The molecule has 17 heavy (non-hydrogen) atoms. The Kier molecular flexibility index (Phi) is 2.75. The molecule has 1 atom stereocenters. The zero-order valence-electron chi connectivity index (χ0n) is 9.51. The molecule has 0 saturated carbocycles.